The van der Waals surface area contributed by atoms with E-state index in [0.29, 0.717) is 51.6 Å². The topological polar surface area (TPSA) is 270 Å². The van der Waals surface area contributed by atoms with Crippen LogP contribution in [0.3, 0.4) is 0 Å². The van der Waals surface area contributed by atoms with Crippen LogP contribution in [0.5, 0.6) is 0 Å². The Morgan fingerprint density at radius 2 is 1.23 bits per heavy atom. The van der Waals surface area contributed by atoms with Crippen molar-refractivity contribution in [2.24, 2.45) is 17.8 Å². The molecule has 1 saturated carbocycles. The summed E-state index contributed by atoms with van der Waals surface area (Å²) in [6, 6.07) is -5.34. The highest BCUT2D eigenvalue weighted by atomic mass is 35.5. The lowest BCUT2D eigenvalue weighted by molar-refractivity contribution is -0.161. The van der Waals surface area contributed by atoms with E-state index in [-0.39, 0.29) is 88.0 Å². The summed E-state index contributed by atoms with van der Waals surface area (Å²) in [5.41, 5.74) is -3.38. The number of amides is 12. The lowest BCUT2D eigenvalue weighted by Gasteiger charge is -2.45. The van der Waals surface area contributed by atoms with Crippen LogP contribution in [0.2, 0.25) is 5.02 Å². The minimum Gasteiger partial charge on any atom is -0.343 e. The zero-order valence-corrected chi connectivity index (χ0v) is 63.4. The Bertz CT molecular complexity index is 3520. The number of carbonyl (C=O) groups is 12. The van der Waals surface area contributed by atoms with Gasteiger partial charge in [-0.2, -0.15) is 26.3 Å². The second-order valence-corrected chi connectivity index (χ2v) is 30.0. The highest BCUT2D eigenvalue weighted by Crippen LogP contribution is 2.38. The van der Waals surface area contributed by atoms with Crippen LogP contribution in [0.15, 0.2) is 42.5 Å². The summed E-state index contributed by atoms with van der Waals surface area (Å²) in [5.74, 6) is -10.3. The highest BCUT2D eigenvalue weighted by molar-refractivity contribution is 6.31. The van der Waals surface area contributed by atoms with Crippen molar-refractivity contribution in [3.05, 3.63) is 69.7 Å². The van der Waals surface area contributed by atoms with Gasteiger partial charge in [0.15, 0.2) is 0 Å². The summed E-state index contributed by atoms with van der Waals surface area (Å²) in [5, 5.41) is 7.91. The maximum atomic E-state index is 15.5. The van der Waals surface area contributed by atoms with Gasteiger partial charge in [-0.25, -0.2) is 0 Å². The van der Waals surface area contributed by atoms with Crippen LogP contribution in [0.25, 0.3) is 0 Å². The molecule has 0 aromatic heterocycles. The molecule has 5 aliphatic rings. The van der Waals surface area contributed by atoms with Crippen molar-refractivity contribution in [1.82, 2.24) is 60.0 Å². The van der Waals surface area contributed by atoms with Crippen molar-refractivity contribution >= 4 is 82.5 Å². The maximum absolute atomic E-state index is 15.5. The zero-order valence-electron chi connectivity index (χ0n) is 62.6. The van der Waals surface area contributed by atoms with E-state index >= 15 is 33.6 Å². The minimum atomic E-state index is -4.81. The smallest absolute Gasteiger partial charge is 0.343 e. The van der Waals surface area contributed by atoms with Crippen LogP contribution < -0.4 is 16.0 Å². The Morgan fingerprint density at radius 3 is 1.78 bits per heavy atom. The van der Waals surface area contributed by atoms with Gasteiger partial charge in [-0.15, -0.1) is 0 Å². The number of benzene rings is 2. The van der Waals surface area contributed by atoms with Gasteiger partial charge >= 0.3 is 12.4 Å². The maximum Gasteiger partial charge on any atom is 0.417 e. The van der Waals surface area contributed by atoms with Crippen LogP contribution in [-0.2, 0) is 82.7 Å². The molecule has 105 heavy (non-hydrogen) atoms. The summed E-state index contributed by atoms with van der Waals surface area (Å²) in [6.07, 6.45) is -7.46. The Balaban J connectivity index is 1.32. The number of fused-ring (bicyclic) bond motifs is 2. The molecule has 1 aliphatic carbocycles. The molecule has 1 spiro atoms. The quantitative estimate of drug-likeness (QED) is 0.177. The van der Waals surface area contributed by atoms with Gasteiger partial charge in [-0.05, 0) is 131 Å². The molecule has 31 heteroatoms. The van der Waals surface area contributed by atoms with Gasteiger partial charge < -0.3 is 60.0 Å². The van der Waals surface area contributed by atoms with Crippen molar-refractivity contribution in [3.63, 3.8) is 0 Å². The molecular formula is C74H105ClF6N12O12. The third-order valence-electron chi connectivity index (χ3n) is 22.1. The third-order valence-corrected chi connectivity index (χ3v) is 22.4. The molecule has 4 aliphatic heterocycles. The first-order valence-electron chi connectivity index (χ1n) is 36.7. The van der Waals surface area contributed by atoms with Crippen LogP contribution in [0.4, 0.5) is 26.3 Å². The van der Waals surface area contributed by atoms with Gasteiger partial charge in [0.2, 0.25) is 70.9 Å². The number of hydrogen-bond donors (Lipinski definition) is 3. The van der Waals surface area contributed by atoms with Gasteiger partial charge in [0, 0.05) is 74.4 Å². The van der Waals surface area contributed by atoms with Crippen molar-refractivity contribution in [3.8, 4) is 0 Å². The van der Waals surface area contributed by atoms with Gasteiger partial charge in [0.05, 0.1) is 29.1 Å². The molecule has 5 fully saturated rings. The van der Waals surface area contributed by atoms with Gasteiger partial charge in [0.25, 0.3) is 0 Å². The van der Waals surface area contributed by atoms with E-state index in [0.717, 1.165) is 57.2 Å². The first-order chi connectivity index (χ1) is 49.2. The third kappa shape index (κ3) is 19.6. The second-order valence-electron chi connectivity index (χ2n) is 29.6. The molecule has 2 aromatic rings. The number of alkyl halides is 6. The number of halogens is 7. The number of rotatable bonds is 13. The first kappa shape index (κ1) is 84.2. The normalized spacial score (nSPS) is 26.3. The molecule has 24 nitrogen and oxygen atoms in total. The van der Waals surface area contributed by atoms with Crippen molar-refractivity contribution < 1.29 is 83.9 Å². The van der Waals surface area contributed by atoms with Gasteiger partial charge in [-0.1, -0.05) is 97.0 Å². The number of carbonyl (C=O) groups excluding carboxylic acids is 12. The SMILES string of the molecule is CC[C@H](C)[C@@H]1NC(=O)[C@H](CC(C)C)N(C)C(=O)C[C@@H](C(=O)N2CCCC2)N(C)C(=O)[C@H]([C@@H](C)CC)N(C)C(=O)C2(CCCC2)NC(=O)[C@@H]2CCCN2C(=O)[C@H](CCc2ccc(C(F)(F)F)c(Cl)c2)NC(=O)CN(C)C(=O)[C@H](Cc2ccc(C(F)(F)F)cc2)N(CC)C(=O)[C@@H]2CCN2C(=O)[C@H](C)N(C)C1=O. The molecule has 582 valence electrons. The molecule has 4 heterocycles. The molecule has 0 unspecified atom stereocenters. The van der Waals surface area contributed by atoms with E-state index in [2.05, 4.69) is 16.0 Å². The number of likely N-dealkylation sites (tertiary alicyclic amines) is 1. The Morgan fingerprint density at radius 1 is 0.619 bits per heavy atom. The summed E-state index contributed by atoms with van der Waals surface area (Å²) >= 11 is 6.14. The van der Waals surface area contributed by atoms with Crippen molar-refractivity contribution in [2.75, 3.05) is 74.5 Å². The van der Waals surface area contributed by atoms with Crippen LogP contribution in [0, 0.1) is 17.8 Å². The fourth-order valence-electron chi connectivity index (χ4n) is 15.0. The molecule has 12 amide bonds. The summed E-state index contributed by atoms with van der Waals surface area (Å²) in [6.45, 7) is 13.3. The monoisotopic (exact) mass is 1500 g/mol. The second kappa shape index (κ2) is 35.6. The Labute approximate surface area is 616 Å². The van der Waals surface area contributed by atoms with E-state index < -0.39 is 191 Å². The van der Waals surface area contributed by atoms with Crippen LogP contribution in [0.1, 0.15) is 168 Å². The zero-order chi connectivity index (χ0) is 78.1. The standard InChI is InChI=1S/C74H105ClF6N12O12/c1-14-44(6)60-69(103)86(10)46(8)64(98)93-37-31-54(93)68(102)91(16-3)57(40-48-23-27-49(28-24-48)73(76,77)78)66(100)85(9)42-58(94)82-52(30-26-47-25-29-50(51(75)39-47)74(79,80)81)65(99)92-36-21-22-53(92)63(97)84-72(32-17-18-33-72)71(105)89(13)61(45(7)15-2)70(104)88(12)56(67(101)90-34-19-20-35-90)41-59(95)87(11)55(38-43(4)5)62(96)83-60/h23-25,27-29,39,43-46,52-57,60-61H,14-22,26,30-38,40-42H2,1-13H3,(H,82,94)(H,83,96)(H,84,97)/t44-,45-,46-,52-,53-,54-,55-,56-,57-,60-,61-/m0/s1. The molecule has 11 atom stereocenters. The molecule has 0 radical (unpaired) electrons. The summed E-state index contributed by atoms with van der Waals surface area (Å²) in [7, 11) is 6.79. The van der Waals surface area contributed by atoms with E-state index in [1.165, 1.54) is 73.6 Å². The number of likely N-dealkylation sites (N-methyl/N-ethyl adjacent to an activating group) is 6. The summed E-state index contributed by atoms with van der Waals surface area (Å²) in [4.78, 5) is 192. The lowest BCUT2D eigenvalue weighted by atomic mass is 9.90. The fraction of sp³-hybridized carbons (Fsp3) is 0.676. The van der Waals surface area contributed by atoms with Crippen LogP contribution >= 0.6 is 11.6 Å². The minimum absolute atomic E-state index is 0.0125. The highest BCUT2D eigenvalue weighted by Gasteiger charge is 2.52. The van der Waals surface area contributed by atoms with E-state index in [9.17, 15) is 50.3 Å². The lowest BCUT2D eigenvalue weighted by Crippen LogP contribution is -2.65. The molecule has 2 aromatic carbocycles. The average Bonchev–Trinajstić information content (AvgIpc) is 1.56. The number of nitrogens with one attached hydrogen (secondary N) is 3. The van der Waals surface area contributed by atoms with E-state index in [4.69, 9.17) is 11.6 Å². The van der Waals surface area contributed by atoms with Crippen LogP contribution in [-0.4, -0.2) is 249 Å². The van der Waals surface area contributed by atoms with E-state index in [1.54, 1.807) is 25.7 Å². The molecule has 7 rings (SSSR count). The molecule has 4 saturated heterocycles. The number of aryl methyl sites for hydroxylation is 1. The molecule has 0 bridgehead atoms. The fourth-order valence-corrected chi connectivity index (χ4v) is 15.3. The Hall–Kier alpha value is -8.05. The molecule has 3 N–H and O–H groups in total. The average molecular weight is 1500 g/mol. The largest absolute Gasteiger partial charge is 0.417 e. The predicted octanol–water partition coefficient (Wildman–Crippen LogP) is 6.71. The first-order valence-corrected chi connectivity index (χ1v) is 37.1. The van der Waals surface area contributed by atoms with Gasteiger partial charge in [0.1, 0.15) is 59.9 Å². The predicted molar refractivity (Wildman–Crippen MR) is 377 cm³/mol. The Kier molecular flexibility index (Phi) is 28.5. The van der Waals surface area contributed by atoms with Crippen molar-refractivity contribution in [2.45, 2.75) is 230 Å². The van der Waals surface area contributed by atoms with Crippen molar-refractivity contribution in [1.29, 1.82) is 0 Å². The molecular weight excluding hydrogens is 1400 g/mol. The number of hydrogen-bond acceptors (Lipinski definition) is 12. The van der Waals surface area contributed by atoms with Gasteiger partial charge in [-0.3, -0.25) is 57.5 Å². The van der Waals surface area contributed by atoms with E-state index in [1.807, 2.05) is 20.8 Å². The summed E-state index contributed by atoms with van der Waals surface area (Å²) < 4.78 is 83.4. The number of nitrogens with zero attached hydrogens (tertiary/aromatic N) is 9.